The minimum Gasteiger partial charge on any atom is -0.378 e. The third kappa shape index (κ3) is 3.71. The number of hydrogen-bond acceptors (Lipinski definition) is 0. The van der Waals surface area contributed by atoms with Crippen LogP contribution in [0.3, 0.4) is 0 Å². The average molecular weight is 402 g/mol. The van der Waals surface area contributed by atoms with Gasteiger partial charge in [-0.1, -0.05) is 75.4 Å². The average Bonchev–Trinajstić information content (AvgIpc) is 2.93. The van der Waals surface area contributed by atoms with Gasteiger partial charge in [-0.05, 0) is 47.1 Å². The first kappa shape index (κ1) is 19.1. The maximum atomic E-state index is 3.50. The second-order valence-electron chi connectivity index (χ2n) is 7.42. The van der Waals surface area contributed by atoms with Gasteiger partial charge in [-0.2, -0.15) is 0 Å². The Balaban J connectivity index is 2.39. The normalized spacial score (nSPS) is 11.9. The summed E-state index contributed by atoms with van der Waals surface area (Å²) in [5, 5.41) is 0. The molecule has 1 heterocycles. The van der Waals surface area contributed by atoms with E-state index in [1.165, 1.54) is 0 Å². The molecule has 3 heteroatoms. The van der Waals surface area contributed by atoms with Crippen LogP contribution < -0.4 is 0 Å². The molecule has 1 nitrogen and oxygen atoms in total. The summed E-state index contributed by atoms with van der Waals surface area (Å²) in [6.07, 6.45) is 4.54. The highest BCUT2D eigenvalue weighted by Crippen LogP contribution is 2.42. The van der Waals surface area contributed by atoms with Gasteiger partial charge in [-0.25, -0.2) is 0 Å². The highest BCUT2D eigenvalue weighted by atomic mass is 79.9. The van der Waals surface area contributed by atoms with E-state index in [4.69, 9.17) is 0 Å². The smallest absolute Gasteiger partial charge is 0.168 e. The molecule has 24 heavy (non-hydrogen) atoms. The first-order valence-corrected chi connectivity index (χ1v) is 11.7. The van der Waals surface area contributed by atoms with Crippen LogP contribution in [-0.2, 0) is 0 Å². The SMILES string of the molecule is CC(C)[Si](C(C)C)(C(C)C)n1ccc(C#Cc2cccc(Br)c2)c1. The van der Waals surface area contributed by atoms with Gasteiger partial charge in [0.25, 0.3) is 0 Å². The Morgan fingerprint density at radius 3 is 2.00 bits per heavy atom. The largest absolute Gasteiger partial charge is 0.378 e. The third-order valence-corrected chi connectivity index (χ3v) is 12.3. The Morgan fingerprint density at radius 2 is 1.46 bits per heavy atom. The van der Waals surface area contributed by atoms with Crippen molar-refractivity contribution in [1.82, 2.24) is 4.23 Å². The van der Waals surface area contributed by atoms with Crippen molar-refractivity contribution >= 4 is 24.2 Å². The minimum absolute atomic E-state index is 0.691. The van der Waals surface area contributed by atoms with E-state index in [-0.39, 0.29) is 0 Å². The molecule has 0 N–H and O–H groups in total. The molecule has 2 aromatic rings. The van der Waals surface area contributed by atoms with Crippen molar-refractivity contribution in [2.24, 2.45) is 0 Å². The van der Waals surface area contributed by atoms with Crippen molar-refractivity contribution in [3.63, 3.8) is 0 Å². The first-order chi connectivity index (χ1) is 11.3. The Bertz CT molecular complexity index is 725. The van der Waals surface area contributed by atoms with E-state index in [9.17, 15) is 0 Å². The van der Waals surface area contributed by atoms with E-state index in [0.29, 0.717) is 16.6 Å². The van der Waals surface area contributed by atoms with Crippen molar-refractivity contribution in [2.75, 3.05) is 0 Å². The lowest BCUT2D eigenvalue weighted by molar-refractivity contribution is 0.765. The number of nitrogens with zero attached hydrogens (tertiary/aromatic N) is 1. The fourth-order valence-corrected chi connectivity index (χ4v) is 11.2. The van der Waals surface area contributed by atoms with Crippen LogP contribution in [-0.4, -0.2) is 12.5 Å². The number of hydrogen-bond donors (Lipinski definition) is 0. The van der Waals surface area contributed by atoms with E-state index in [1.54, 1.807) is 0 Å². The zero-order valence-electron chi connectivity index (χ0n) is 15.6. The number of benzene rings is 1. The number of halogens is 1. The third-order valence-electron chi connectivity index (χ3n) is 5.09. The standard InChI is InChI=1S/C21H28BrNSi/c1-16(2)24(17(3)4,18(5)6)23-13-12-20(15-23)11-10-19-8-7-9-21(22)14-19/h7-9,12-18H,1-6H3. The zero-order chi connectivity index (χ0) is 17.9. The van der Waals surface area contributed by atoms with Crippen LogP contribution in [0.1, 0.15) is 52.7 Å². The predicted octanol–water partition coefficient (Wildman–Crippen LogP) is 6.67. The Morgan fingerprint density at radius 1 is 0.875 bits per heavy atom. The van der Waals surface area contributed by atoms with E-state index in [0.717, 1.165) is 15.6 Å². The molecule has 1 aromatic heterocycles. The van der Waals surface area contributed by atoms with Gasteiger partial charge in [0.1, 0.15) is 0 Å². The Kier molecular flexibility index (Phi) is 6.17. The minimum atomic E-state index is -1.66. The second kappa shape index (κ2) is 7.76. The highest BCUT2D eigenvalue weighted by molar-refractivity contribution is 9.10. The fourth-order valence-electron chi connectivity index (χ4n) is 4.32. The fraction of sp³-hybridized carbons (Fsp3) is 0.429. The molecule has 128 valence electrons. The lowest BCUT2D eigenvalue weighted by Gasteiger charge is -2.44. The van der Waals surface area contributed by atoms with Crippen LogP contribution in [0.25, 0.3) is 0 Å². The second-order valence-corrected chi connectivity index (χ2v) is 14.1. The molecule has 0 amide bonds. The lowest BCUT2D eigenvalue weighted by Crippen LogP contribution is -2.51. The van der Waals surface area contributed by atoms with Gasteiger partial charge in [0, 0.05) is 21.8 Å². The molecule has 0 aliphatic carbocycles. The zero-order valence-corrected chi connectivity index (χ0v) is 18.2. The van der Waals surface area contributed by atoms with Gasteiger partial charge in [-0.15, -0.1) is 0 Å². The summed E-state index contributed by atoms with van der Waals surface area (Å²) in [5.41, 5.74) is 4.22. The summed E-state index contributed by atoms with van der Waals surface area (Å²) in [7, 11) is -1.66. The van der Waals surface area contributed by atoms with Crippen molar-refractivity contribution in [2.45, 2.75) is 58.2 Å². The molecule has 0 aliphatic rings. The van der Waals surface area contributed by atoms with Gasteiger partial charge in [0.2, 0.25) is 0 Å². The molecule has 0 saturated heterocycles. The summed E-state index contributed by atoms with van der Waals surface area (Å²) < 4.78 is 3.61. The maximum absolute atomic E-state index is 3.50. The lowest BCUT2D eigenvalue weighted by atomic mass is 10.2. The van der Waals surface area contributed by atoms with Crippen LogP contribution in [0, 0.1) is 11.8 Å². The van der Waals surface area contributed by atoms with Gasteiger partial charge >= 0.3 is 0 Å². The summed E-state index contributed by atoms with van der Waals surface area (Å²) in [4.78, 5) is 0. The van der Waals surface area contributed by atoms with E-state index in [2.05, 4.69) is 98.1 Å². The molecule has 0 atom stereocenters. The summed E-state index contributed by atoms with van der Waals surface area (Å²) >= 11 is 3.50. The molecular weight excluding hydrogens is 374 g/mol. The van der Waals surface area contributed by atoms with E-state index in [1.807, 2.05) is 18.2 Å². The van der Waals surface area contributed by atoms with Crippen molar-refractivity contribution in [3.8, 4) is 11.8 Å². The highest BCUT2D eigenvalue weighted by Gasteiger charge is 2.44. The maximum Gasteiger partial charge on any atom is 0.168 e. The molecule has 0 saturated carbocycles. The molecule has 0 fully saturated rings. The van der Waals surface area contributed by atoms with Crippen molar-refractivity contribution < 1.29 is 0 Å². The number of aromatic nitrogens is 1. The molecule has 0 unspecified atom stereocenters. The van der Waals surface area contributed by atoms with E-state index < -0.39 is 8.24 Å². The van der Waals surface area contributed by atoms with Crippen LogP contribution in [0.2, 0.25) is 16.6 Å². The van der Waals surface area contributed by atoms with Crippen LogP contribution in [0.15, 0.2) is 47.2 Å². The quantitative estimate of drug-likeness (QED) is 0.397. The summed E-state index contributed by atoms with van der Waals surface area (Å²) in [6, 6.07) is 10.3. The molecule has 0 radical (unpaired) electrons. The van der Waals surface area contributed by atoms with Crippen LogP contribution in [0.5, 0.6) is 0 Å². The van der Waals surface area contributed by atoms with Gasteiger partial charge in [-0.3, -0.25) is 0 Å². The van der Waals surface area contributed by atoms with Crippen LogP contribution in [0.4, 0.5) is 0 Å². The van der Waals surface area contributed by atoms with Crippen molar-refractivity contribution in [3.05, 3.63) is 58.3 Å². The Labute approximate surface area is 156 Å². The Hall–Kier alpha value is -1.24. The van der Waals surface area contributed by atoms with Gasteiger partial charge < -0.3 is 4.23 Å². The van der Waals surface area contributed by atoms with E-state index >= 15 is 0 Å². The number of rotatable bonds is 4. The first-order valence-electron chi connectivity index (χ1n) is 8.74. The summed E-state index contributed by atoms with van der Waals surface area (Å²) in [6.45, 7) is 14.3. The van der Waals surface area contributed by atoms with Crippen molar-refractivity contribution in [1.29, 1.82) is 0 Å². The monoisotopic (exact) mass is 401 g/mol. The topological polar surface area (TPSA) is 4.93 Å². The van der Waals surface area contributed by atoms with Crippen LogP contribution >= 0.6 is 15.9 Å². The summed E-state index contributed by atoms with van der Waals surface area (Å²) in [5.74, 6) is 6.60. The molecular formula is C21H28BrNSi. The predicted molar refractivity (Wildman–Crippen MR) is 111 cm³/mol. The molecule has 2 rings (SSSR count). The molecule has 0 bridgehead atoms. The molecule has 0 aliphatic heterocycles. The van der Waals surface area contributed by atoms with Gasteiger partial charge in [0.05, 0.1) is 0 Å². The molecule has 1 aromatic carbocycles. The van der Waals surface area contributed by atoms with Gasteiger partial charge in [0.15, 0.2) is 8.24 Å². The molecule has 0 spiro atoms.